The summed E-state index contributed by atoms with van der Waals surface area (Å²) in [4.78, 5) is 12.3. The van der Waals surface area contributed by atoms with Gasteiger partial charge in [-0.2, -0.15) is 10.2 Å². The van der Waals surface area contributed by atoms with Crippen LogP contribution in [0.1, 0.15) is 28.5 Å². The number of hydrogen-bond donors (Lipinski definition) is 2. The molecule has 0 bridgehead atoms. The number of ether oxygens (including phenoxy) is 2. The maximum absolute atomic E-state index is 12.3. The topological polar surface area (TPSA) is 88.6 Å². The predicted molar refractivity (Wildman–Crippen MR) is 108 cm³/mol. The Labute approximate surface area is 163 Å². The van der Waals surface area contributed by atoms with Crippen LogP contribution >= 0.6 is 0 Å². The van der Waals surface area contributed by atoms with Gasteiger partial charge in [0.25, 0.3) is 5.91 Å². The van der Waals surface area contributed by atoms with E-state index >= 15 is 0 Å². The monoisotopic (exact) mass is 378 g/mol. The minimum absolute atomic E-state index is 0.331. The maximum atomic E-state index is 12.3. The first-order chi connectivity index (χ1) is 13.6. The SMILES string of the molecule is CCOc1ccc(/C=N\NC(=O)c2cc(-c3ccc(C)cc3)n[nH]2)cc1OC. The number of nitrogens with zero attached hydrogens (tertiary/aromatic N) is 2. The fraction of sp³-hybridized carbons (Fsp3) is 0.190. The molecule has 0 aliphatic rings. The van der Waals surface area contributed by atoms with Gasteiger partial charge in [0.05, 0.1) is 25.6 Å². The van der Waals surface area contributed by atoms with Crippen LogP contribution < -0.4 is 14.9 Å². The van der Waals surface area contributed by atoms with Gasteiger partial charge in [0.2, 0.25) is 0 Å². The second-order valence-corrected chi connectivity index (χ2v) is 6.08. The third-order valence-electron chi connectivity index (χ3n) is 4.04. The van der Waals surface area contributed by atoms with Crippen LogP contribution in [0, 0.1) is 6.92 Å². The highest BCUT2D eigenvalue weighted by Gasteiger charge is 2.10. The third-order valence-corrected chi connectivity index (χ3v) is 4.04. The highest BCUT2D eigenvalue weighted by molar-refractivity contribution is 5.94. The van der Waals surface area contributed by atoms with E-state index in [9.17, 15) is 4.79 Å². The number of aromatic nitrogens is 2. The van der Waals surface area contributed by atoms with E-state index < -0.39 is 0 Å². The van der Waals surface area contributed by atoms with E-state index in [1.54, 1.807) is 25.3 Å². The largest absolute Gasteiger partial charge is 0.493 e. The Hall–Kier alpha value is -3.61. The molecule has 0 saturated heterocycles. The number of hydrazone groups is 1. The van der Waals surface area contributed by atoms with Crippen molar-refractivity contribution in [2.75, 3.05) is 13.7 Å². The fourth-order valence-electron chi connectivity index (χ4n) is 2.58. The smallest absolute Gasteiger partial charge is 0.289 e. The molecule has 2 N–H and O–H groups in total. The predicted octanol–water partition coefficient (Wildman–Crippen LogP) is 3.56. The van der Waals surface area contributed by atoms with E-state index in [0.29, 0.717) is 29.5 Å². The van der Waals surface area contributed by atoms with E-state index in [0.717, 1.165) is 16.7 Å². The first-order valence-corrected chi connectivity index (χ1v) is 8.87. The van der Waals surface area contributed by atoms with Gasteiger partial charge in [-0.15, -0.1) is 0 Å². The van der Waals surface area contributed by atoms with Gasteiger partial charge in [-0.25, -0.2) is 5.43 Å². The van der Waals surface area contributed by atoms with Gasteiger partial charge in [0.15, 0.2) is 11.5 Å². The lowest BCUT2D eigenvalue weighted by atomic mass is 10.1. The van der Waals surface area contributed by atoms with Gasteiger partial charge in [-0.3, -0.25) is 9.89 Å². The number of H-pyrrole nitrogens is 1. The molecule has 0 saturated carbocycles. The molecule has 1 heterocycles. The summed E-state index contributed by atoms with van der Waals surface area (Å²) in [5.41, 5.74) is 6.39. The number of carbonyl (C=O) groups is 1. The van der Waals surface area contributed by atoms with Gasteiger partial charge < -0.3 is 9.47 Å². The van der Waals surface area contributed by atoms with Crippen LogP contribution in [0.4, 0.5) is 0 Å². The lowest BCUT2D eigenvalue weighted by Gasteiger charge is -2.09. The number of nitrogens with one attached hydrogen (secondary N) is 2. The summed E-state index contributed by atoms with van der Waals surface area (Å²) in [5.74, 6) is 0.890. The molecule has 0 aliphatic carbocycles. The van der Waals surface area contributed by atoms with Crippen molar-refractivity contribution in [1.29, 1.82) is 0 Å². The zero-order chi connectivity index (χ0) is 19.9. The van der Waals surface area contributed by atoms with Gasteiger partial charge in [-0.1, -0.05) is 29.8 Å². The molecule has 0 unspecified atom stereocenters. The summed E-state index contributed by atoms with van der Waals surface area (Å²) in [6.45, 7) is 4.48. The molecule has 1 aromatic heterocycles. The molecule has 7 heteroatoms. The summed E-state index contributed by atoms with van der Waals surface area (Å²) in [7, 11) is 1.57. The minimum Gasteiger partial charge on any atom is -0.493 e. The molecule has 0 spiro atoms. The van der Waals surface area contributed by atoms with E-state index in [1.165, 1.54) is 6.21 Å². The van der Waals surface area contributed by atoms with Crippen LogP contribution in [0.2, 0.25) is 0 Å². The van der Waals surface area contributed by atoms with Gasteiger partial charge in [-0.05, 0) is 43.7 Å². The summed E-state index contributed by atoms with van der Waals surface area (Å²) < 4.78 is 10.8. The van der Waals surface area contributed by atoms with Crippen molar-refractivity contribution in [3.05, 3.63) is 65.4 Å². The minimum atomic E-state index is -0.375. The Balaban J connectivity index is 1.65. The van der Waals surface area contributed by atoms with Gasteiger partial charge >= 0.3 is 0 Å². The summed E-state index contributed by atoms with van der Waals surface area (Å²) in [6.07, 6.45) is 1.54. The highest BCUT2D eigenvalue weighted by Crippen LogP contribution is 2.27. The van der Waals surface area contributed by atoms with Crippen LogP contribution in [0.5, 0.6) is 11.5 Å². The first-order valence-electron chi connectivity index (χ1n) is 8.87. The first kappa shape index (κ1) is 19.2. The second kappa shape index (κ2) is 8.85. The Morgan fingerprint density at radius 2 is 1.96 bits per heavy atom. The molecule has 3 rings (SSSR count). The summed E-state index contributed by atoms with van der Waals surface area (Å²) in [6, 6.07) is 15.0. The molecule has 2 aromatic carbocycles. The van der Waals surface area contributed by atoms with E-state index in [2.05, 4.69) is 20.7 Å². The molecule has 3 aromatic rings. The van der Waals surface area contributed by atoms with Crippen molar-refractivity contribution in [2.45, 2.75) is 13.8 Å². The van der Waals surface area contributed by atoms with Gasteiger partial charge in [0.1, 0.15) is 5.69 Å². The molecular weight excluding hydrogens is 356 g/mol. The van der Waals surface area contributed by atoms with Crippen LogP contribution in [-0.2, 0) is 0 Å². The lowest BCUT2D eigenvalue weighted by molar-refractivity contribution is 0.0950. The molecule has 1 amide bonds. The average molecular weight is 378 g/mol. The summed E-state index contributed by atoms with van der Waals surface area (Å²) >= 11 is 0. The molecule has 0 aliphatic heterocycles. The Morgan fingerprint density at radius 1 is 1.18 bits per heavy atom. The molecular formula is C21H22N4O3. The van der Waals surface area contributed by atoms with E-state index in [1.807, 2.05) is 44.2 Å². The van der Waals surface area contributed by atoms with Crippen molar-refractivity contribution >= 4 is 12.1 Å². The molecule has 144 valence electrons. The number of aryl methyl sites for hydroxylation is 1. The lowest BCUT2D eigenvalue weighted by Crippen LogP contribution is -2.18. The van der Waals surface area contributed by atoms with Crippen molar-refractivity contribution in [3.8, 4) is 22.8 Å². The summed E-state index contributed by atoms with van der Waals surface area (Å²) in [5, 5.41) is 10.9. The number of carbonyl (C=O) groups excluding carboxylic acids is 1. The number of methoxy groups -OCH3 is 1. The molecule has 7 nitrogen and oxygen atoms in total. The number of hydrogen-bond acceptors (Lipinski definition) is 5. The zero-order valence-electron chi connectivity index (χ0n) is 16.0. The van der Waals surface area contributed by atoms with Crippen LogP contribution in [0.15, 0.2) is 53.6 Å². The molecule has 28 heavy (non-hydrogen) atoms. The quantitative estimate of drug-likeness (QED) is 0.486. The number of rotatable bonds is 7. The third kappa shape index (κ3) is 4.56. The van der Waals surface area contributed by atoms with Crippen molar-refractivity contribution < 1.29 is 14.3 Å². The second-order valence-electron chi connectivity index (χ2n) is 6.08. The van der Waals surface area contributed by atoms with Gasteiger partial charge in [0, 0.05) is 5.56 Å². The van der Waals surface area contributed by atoms with E-state index in [-0.39, 0.29) is 5.91 Å². The zero-order valence-corrected chi connectivity index (χ0v) is 16.0. The number of aromatic amines is 1. The van der Waals surface area contributed by atoms with Crippen molar-refractivity contribution in [1.82, 2.24) is 15.6 Å². The van der Waals surface area contributed by atoms with Crippen LogP contribution in [0.25, 0.3) is 11.3 Å². The number of amides is 1. The number of benzene rings is 2. The fourth-order valence-corrected chi connectivity index (χ4v) is 2.58. The normalized spacial score (nSPS) is 10.8. The molecule has 0 atom stereocenters. The Bertz CT molecular complexity index is 978. The van der Waals surface area contributed by atoms with Crippen LogP contribution in [0.3, 0.4) is 0 Å². The van der Waals surface area contributed by atoms with Crippen molar-refractivity contribution in [2.24, 2.45) is 5.10 Å². The molecule has 0 radical (unpaired) electrons. The van der Waals surface area contributed by atoms with Crippen molar-refractivity contribution in [3.63, 3.8) is 0 Å². The average Bonchev–Trinajstić information content (AvgIpc) is 3.20. The highest BCUT2D eigenvalue weighted by atomic mass is 16.5. The van der Waals surface area contributed by atoms with E-state index in [4.69, 9.17) is 9.47 Å². The van der Waals surface area contributed by atoms with Crippen LogP contribution in [-0.4, -0.2) is 36.0 Å². The standard InChI is InChI=1S/C21H22N4O3/c1-4-28-19-10-7-15(11-20(19)27-3)13-22-25-21(26)18-12-17(23-24-18)16-8-5-14(2)6-9-16/h5-13H,4H2,1-3H3,(H,23,24)(H,25,26)/b22-13-. The Kier molecular flexibility index (Phi) is 6.06. The Morgan fingerprint density at radius 3 is 2.68 bits per heavy atom. The maximum Gasteiger partial charge on any atom is 0.289 e. The molecule has 0 fully saturated rings.